The average molecular weight is 404 g/mol. The van der Waals surface area contributed by atoms with E-state index in [4.69, 9.17) is 9.47 Å². The minimum atomic E-state index is -0.608. The maximum atomic E-state index is 12.1. The molecule has 0 radical (unpaired) electrons. The molecule has 1 fully saturated rings. The van der Waals surface area contributed by atoms with Gasteiger partial charge in [0.25, 0.3) is 0 Å². The van der Waals surface area contributed by atoms with Gasteiger partial charge in [0.2, 0.25) is 11.8 Å². The van der Waals surface area contributed by atoms with E-state index in [1.807, 2.05) is 12.1 Å². The Balaban J connectivity index is 1.52. The number of rotatable bonds is 12. The molecule has 2 rings (SSSR count). The smallest absolute Gasteiger partial charge is 0.235 e. The molecule has 6 heteroatoms. The number of ether oxygens (including phenoxy) is 2. The number of imide groups is 1. The fourth-order valence-electron chi connectivity index (χ4n) is 3.25. The first-order chi connectivity index (χ1) is 13.7. The van der Waals surface area contributed by atoms with E-state index in [9.17, 15) is 14.4 Å². The van der Waals surface area contributed by atoms with Gasteiger partial charge in [0.1, 0.15) is 5.78 Å². The van der Waals surface area contributed by atoms with Crippen LogP contribution in [-0.4, -0.2) is 55.5 Å². The molecule has 0 atom stereocenters. The van der Waals surface area contributed by atoms with E-state index in [1.165, 1.54) is 10.5 Å². The molecule has 2 amide bonds. The first kappa shape index (κ1) is 23.2. The second kappa shape index (κ2) is 10.6. The SMILES string of the molecule is CC(C)c1ccc(CC(=O)CCOCCOCCN2C(=O)CC(C)(C)C2=O)cc1. The van der Waals surface area contributed by atoms with Crippen LogP contribution >= 0.6 is 0 Å². The molecule has 1 saturated heterocycles. The molecule has 0 N–H and O–H groups in total. The van der Waals surface area contributed by atoms with E-state index in [0.717, 1.165) is 5.56 Å². The van der Waals surface area contributed by atoms with Crippen molar-refractivity contribution in [1.82, 2.24) is 4.90 Å². The van der Waals surface area contributed by atoms with Crippen LogP contribution in [0.2, 0.25) is 0 Å². The van der Waals surface area contributed by atoms with Crippen molar-refractivity contribution in [3.05, 3.63) is 35.4 Å². The molecule has 0 spiro atoms. The number of carbonyl (C=O) groups is 3. The Hall–Kier alpha value is -2.05. The number of Topliss-reactive ketones (excluding diaryl/α,β-unsaturated/α-hetero) is 1. The maximum Gasteiger partial charge on any atom is 0.235 e. The van der Waals surface area contributed by atoms with Crippen LogP contribution in [0.4, 0.5) is 0 Å². The molecular weight excluding hydrogens is 370 g/mol. The minimum absolute atomic E-state index is 0.139. The standard InChI is InChI=1S/C23H33NO5/c1-17(2)19-7-5-18(6-8-19)15-20(25)9-11-28-13-14-29-12-10-24-21(26)16-23(3,4)22(24)27/h5-8,17H,9-16H2,1-4H3. The lowest BCUT2D eigenvalue weighted by molar-refractivity contribution is -0.141. The van der Waals surface area contributed by atoms with Crippen LogP contribution in [-0.2, 0) is 30.3 Å². The predicted molar refractivity (Wildman–Crippen MR) is 111 cm³/mol. The average Bonchev–Trinajstić information content (AvgIpc) is 2.85. The highest BCUT2D eigenvalue weighted by Gasteiger charge is 2.44. The van der Waals surface area contributed by atoms with Gasteiger partial charge in [0.05, 0.1) is 38.4 Å². The lowest BCUT2D eigenvalue weighted by atomic mass is 9.92. The Morgan fingerprint density at radius 3 is 2.21 bits per heavy atom. The van der Waals surface area contributed by atoms with Crippen LogP contribution in [0.1, 0.15) is 57.6 Å². The summed E-state index contributed by atoms with van der Waals surface area (Å²) in [5.74, 6) is 0.354. The maximum absolute atomic E-state index is 12.1. The zero-order valence-corrected chi connectivity index (χ0v) is 18.0. The summed E-state index contributed by atoms with van der Waals surface area (Å²) in [6, 6.07) is 8.18. The molecule has 160 valence electrons. The van der Waals surface area contributed by atoms with Crippen LogP contribution in [0, 0.1) is 5.41 Å². The number of hydrogen-bond donors (Lipinski definition) is 0. The fraction of sp³-hybridized carbons (Fsp3) is 0.609. The van der Waals surface area contributed by atoms with Gasteiger partial charge in [-0.05, 0) is 17.0 Å². The lowest BCUT2D eigenvalue weighted by Crippen LogP contribution is -2.35. The number of nitrogens with zero attached hydrogens (tertiary/aromatic N) is 1. The van der Waals surface area contributed by atoms with Crippen LogP contribution < -0.4 is 0 Å². The Labute approximate surface area is 173 Å². The van der Waals surface area contributed by atoms with E-state index in [2.05, 4.69) is 26.0 Å². The molecule has 29 heavy (non-hydrogen) atoms. The minimum Gasteiger partial charge on any atom is -0.379 e. The Kier molecular flexibility index (Phi) is 8.53. The number of amides is 2. The molecule has 1 aromatic carbocycles. The third kappa shape index (κ3) is 7.05. The summed E-state index contributed by atoms with van der Waals surface area (Å²) in [6.07, 6.45) is 1.05. The molecule has 1 heterocycles. The van der Waals surface area contributed by atoms with Gasteiger partial charge in [-0.25, -0.2) is 0 Å². The molecule has 0 aromatic heterocycles. The number of hydrogen-bond acceptors (Lipinski definition) is 5. The molecule has 6 nitrogen and oxygen atoms in total. The van der Waals surface area contributed by atoms with Gasteiger partial charge in [0.15, 0.2) is 0 Å². The van der Waals surface area contributed by atoms with Gasteiger partial charge in [-0.1, -0.05) is 52.0 Å². The molecular formula is C23H33NO5. The van der Waals surface area contributed by atoms with Crippen molar-refractivity contribution in [2.24, 2.45) is 5.41 Å². The second-order valence-electron chi connectivity index (χ2n) is 8.50. The fourth-order valence-corrected chi connectivity index (χ4v) is 3.25. The normalized spacial score (nSPS) is 16.1. The first-order valence-electron chi connectivity index (χ1n) is 10.3. The molecule has 1 aliphatic heterocycles. The van der Waals surface area contributed by atoms with Crippen LogP contribution in [0.15, 0.2) is 24.3 Å². The second-order valence-corrected chi connectivity index (χ2v) is 8.50. The highest BCUT2D eigenvalue weighted by Crippen LogP contribution is 2.31. The van der Waals surface area contributed by atoms with Crippen LogP contribution in [0.25, 0.3) is 0 Å². The summed E-state index contributed by atoms with van der Waals surface area (Å²) in [4.78, 5) is 37.2. The number of carbonyl (C=O) groups excluding carboxylic acids is 3. The van der Waals surface area contributed by atoms with Crippen molar-refractivity contribution in [1.29, 1.82) is 0 Å². The van der Waals surface area contributed by atoms with Crippen molar-refractivity contribution in [2.75, 3.05) is 33.0 Å². The van der Waals surface area contributed by atoms with Crippen molar-refractivity contribution in [2.45, 2.75) is 52.9 Å². The van der Waals surface area contributed by atoms with Gasteiger partial charge in [-0.3, -0.25) is 19.3 Å². The summed E-state index contributed by atoms with van der Waals surface area (Å²) >= 11 is 0. The third-order valence-corrected chi connectivity index (χ3v) is 5.12. The Morgan fingerprint density at radius 1 is 1.03 bits per heavy atom. The van der Waals surface area contributed by atoms with E-state index in [-0.39, 0.29) is 30.6 Å². The third-order valence-electron chi connectivity index (χ3n) is 5.12. The quantitative estimate of drug-likeness (QED) is 0.396. The van der Waals surface area contributed by atoms with Crippen molar-refractivity contribution in [3.63, 3.8) is 0 Å². The van der Waals surface area contributed by atoms with Crippen LogP contribution in [0.5, 0.6) is 0 Å². The summed E-state index contributed by atoms with van der Waals surface area (Å²) in [5.41, 5.74) is 1.69. The summed E-state index contributed by atoms with van der Waals surface area (Å²) < 4.78 is 10.9. The van der Waals surface area contributed by atoms with Crippen molar-refractivity contribution < 1.29 is 23.9 Å². The highest BCUT2D eigenvalue weighted by atomic mass is 16.5. The summed E-state index contributed by atoms with van der Waals surface area (Å²) in [7, 11) is 0. The first-order valence-corrected chi connectivity index (χ1v) is 10.3. The van der Waals surface area contributed by atoms with Crippen molar-refractivity contribution >= 4 is 17.6 Å². The zero-order chi connectivity index (χ0) is 21.4. The molecule has 0 bridgehead atoms. The Bertz CT molecular complexity index is 708. The molecule has 1 aromatic rings. The Morgan fingerprint density at radius 2 is 1.66 bits per heavy atom. The van der Waals surface area contributed by atoms with E-state index < -0.39 is 5.41 Å². The molecule has 1 aliphatic rings. The molecule has 0 aliphatic carbocycles. The topological polar surface area (TPSA) is 72.9 Å². The van der Waals surface area contributed by atoms with E-state index in [0.29, 0.717) is 45.2 Å². The zero-order valence-electron chi connectivity index (χ0n) is 18.0. The van der Waals surface area contributed by atoms with Crippen LogP contribution in [0.3, 0.4) is 0 Å². The molecule has 0 saturated carbocycles. The number of ketones is 1. The van der Waals surface area contributed by atoms with Gasteiger partial charge >= 0.3 is 0 Å². The van der Waals surface area contributed by atoms with E-state index >= 15 is 0 Å². The monoisotopic (exact) mass is 403 g/mol. The van der Waals surface area contributed by atoms with Gasteiger partial charge < -0.3 is 9.47 Å². The summed E-state index contributed by atoms with van der Waals surface area (Å²) in [6.45, 7) is 9.53. The predicted octanol–water partition coefficient (Wildman–Crippen LogP) is 3.13. The number of likely N-dealkylation sites (tertiary alicyclic amines) is 1. The molecule has 0 unspecified atom stereocenters. The van der Waals surface area contributed by atoms with Gasteiger partial charge in [-0.15, -0.1) is 0 Å². The van der Waals surface area contributed by atoms with Gasteiger partial charge in [-0.2, -0.15) is 0 Å². The number of benzene rings is 1. The largest absolute Gasteiger partial charge is 0.379 e. The van der Waals surface area contributed by atoms with Gasteiger partial charge in [0, 0.05) is 19.3 Å². The summed E-state index contributed by atoms with van der Waals surface area (Å²) in [5, 5.41) is 0. The van der Waals surface area contributed by atoms with E-state index in [1.54, 1.807) is 13.8 Å². The lowest BCUT2D eigenvalue weighted by Gasteiger charge is -2.17. The van der Waals surface area contributed by atoms with Crippen molar-refractivity contribution in [3.8, 4) is 0 Å². The highest BCUT2D eigenvalue weighted by molar-refractivity contribution is 6.05.